The molecule has 1 fully saturated rings. The fraction of sp³-hybridized carbons (Fsp3) is 0.382. The van der Waals surface area contributed by atoms with Crippen molar-refractivity contribution in [2.75, 3.05) is 14.2 Å². The Morgan fingerprint density at radius 1 is 1.00 bits per heavy atom. The molecule has 1 saturated carbocycles. The number of hydrogen-bond donors (Lipinski definition) is 0. The zero-order valence-electron chi connectivity index (χ0n) is 24.8. The number of oxazole rings is 1. The second kappa shape index (κ2) is 10.8. The third-order valence-electron chi connectivity index (χ3n) is 8.16. The van der Waals surface area contributed by atoms with Crippen LogP contribution in [0, 0.1) is 0 Å². The van der Waals surface area contributed by atoms with E-state index in [0.717, 1.165) is 51.9 Å². The van der Waals surface area contributed by atoms with E-state index in [4.69, 9.17) is 18.6 Å². The van der Waals surface area contributed by atoms with E-state index in [9.17, 15) is 9.59 Å². The first-order valence-electron chi connectivity index (χ1n) is 14.5. The van der Waals surface area contributed by atoms with Gasteiger partial charge in [-0.15, -0.1) is 0 Å². The fourth-order valence-corrected chi connectivity index (χ4v) is 6.36. The second-order valence-electron chi connectivity index (χ2n) is 12.1. The highest BCUT2D eigenvalue weighted by molar-refractivity contribution is 6.02. The lowest BCUT2D eigenvalue weighted by Crippen LogP contribution is -2.23. The number of hydrogen-bond acceptors (Lipinski definition) is 7. The third kappa shape index (κ3) is 4.99. The molecule has 6 rings (SSSR count). The van der Waals surface area contributed by atoms with Crippen LogP contribution < -0.4 is 4.74 Å². The van der Waals surface area contributed by atoms with Gasteiger partial charge in [0.2, 0.25) is 0 Å². The molecule has 3 heterocycles. The summed E-state index contributed by atoms with van der Waals surface area (Å²) < 4.78 is 24.4. The van der Waals surface area contributed by atoms with Crippen LogP contribution in [0.1, 0.15) is 96.5 Å². The molecule has 1 aliphatic carbocycles. The molecule has 0 spiro atoms. The normalized spacial score (nSPS) is 15.4. The first kappa shape index (κ1) is 27.8. The lowest BCUT2D eigenvalue weighted by atomic mass is 9.81. The Labute approximate surface area is 245 Å². The molecule has 8 nitrogen and oxygen atoms in total. The monoisotopic (exact) mass is 568 g/mol. The number of allylic oxidation sites excluding steroid dienone is 1. The van der Waals surface area contributed by atoms with Gasteiger partial charge in [0.05, 0.1) is 32.0 Å². The first-order valence-corrected chi connectivity index (χ1v) is 14.5. The summed E-state index contributed by atoms with van der Waals surface area (Å²) in [5, 5.41) is 1.12. The van der Waals surface area contributed by atoms with Crippen molar-refractivity contribution < 1.29 is 28.2 Å². The summed E-state index contributed by atoms with van der Waals surface area (Å²) in [5.74, 6) is 0.538. The molecular formula is C34H36N2O6. The van der Waals surface area contributed by atoms with Crippen LogP contribution in [0.3, 0.4) is 0 Å². The Balaban J connectivity index is 1.63. The molecular weight excluding hydrogens is 532 g/mol. The second-order valence-corrected chi connectivity index (χ2v) is 12.1. The highest BCUT2D eigenvalue weighted by Crippen LogP contribution is 2.48. The average Bonchev–Trinajstić information content (AvgIpc) is 3.54. The molecule has 8 heteroatoms. The summed E-state index contributed by atoms with van der Waals surface area (Å²) in [7, 11) is 2.98. The van der Waals surface area contributed by atoms with Crippen LogP contribution in [-0.2, 0) is 16.0 Å². The van der Waals surface area contributed by atoms with Crippen molar-refractivity contribution in [1.29, 1.82) is 0 Å². The van der Waals surface area contributed by atoms with Crippen LogP contribution in [0.15, 0.2) is 47.2 Å². The Morgan fingerprint density at radius 3 is 2.50 bits per heavy atom. The van der Waals surface area contributed by atoms with Crippen molar-refractivity contribution in [3.8, 4) is 17.0 Å². The predicted molar refractivity (Wildman–Crippen MR) is 161 cm³/mol. The summed E-state index contributed by atoms with van der Waals surface area (Å²) in [6.07, 6.45) is 9.14. The van der Waals surface area contributed by atoms with Crippen molar-refractivity contribution in [2.24, 2.45) is 0 Å². The molecule has 0 radical (unpaired) electrons. The van der Waals surface area contributed by atoms with Crippen molar-refractivity contribution in [3.63, 3.8) is 0 Å². The maximum atomic E-state index is 13.2. The number of carbonyl (C=O) groups is 2. The summed E-state index contributed by atoms with van der Waals surface area (Å²) >= 11 is 0. The number of fused-ring (bicyclic) bond motifs is 5. The number of methoxy groups -OCH3 is 2. The Hall–Kier alpha value is -4.33. The van der Waals surface area contributed by atoms with Gasteiger partial charge in [-0.2, -0.15) is 0 Å². The molecule has 0 saturated heterocycles. The van der Waals surface area contributed by atoms with Gasteiger partial charge < -0.3 is 23.2 Å². The molecule has 2 aromatic heterocycles. The summed E-state index contributed by atoms with van der Waals surface area (Å²) in [4.78, 5) is 30.0. The number of carbonyl (C=O) groups excluding carboxylic acids is 2. The van der Waals surface area contributed by atoms with Crippen molar-refractivity contribution in [2.45, 2.75) is 70.9 Å². The van der Waals surface area contributed by atoms with Crippen molar-refractivity contribution >= 4 is 34.5 Å². The fourth-order valence-electron chi connectivity index (χ4n) is 6.36. The maximum Gasteiger partial charge on any atom is 0.360 e. The van der Waals surface area contributed by atoms with Crippen molar-refractivity contribution in [3.05, 3.63) is 70.9 Å². The molecule has 0 amide bonds. The van der Waals surface area contributed by atoms with E-state index in [2.05, 4.69) is 21.7 Å². The van der Waals surface area contributed by atoms with Gasteiger partial charge in [-0.05, 0) is 87.1 Å². The summed E-state index contributed by atoms with van der Waals surface area (Å²) in [6.45, 7) is 6.00. The van der Waals surface area contributed by atoms with E-state index < -0.39 is 11.6 Å². The van der Waals surface area contributed by atoms with E-state index in [0.29, 0.717) is 23.8 Å². The molecule has 0 atom stereocenters. The maximum absolute atomic E-state index is 13.2. The molecule has 0 bridgehead atoms. The lowest BCUT2D eigenvalue weighted by molar-refractivity contribution is 0.00694. The quantitative estimate of drug-likeness (QED) is 0.228. The van der Waals surface area contributed by atoms with Crippen LogP contribution in [0.25, 0.3) is 33.8 Å². The highest BCUT2D eigenvalue weighted by atomic mass is 16.6. The number of ether oxygens (including phenoxy) is 3. The lowest BCUT2D eigenvalue weighted by Gasteiger charge is -2.24. The van der Waals surface area contributed by atoms with Crippen molar-refractivity contribution in [1.82, 2.24) is 9.55 Å². The molecule has 1 aliphatic heterocycles. The van der Waals surface area contributed by atoms with E-state index in [1.54, 1.807) is 7.11 Å². The minimum absolute atomic E-state index is 0.120. The Kier molecular flexibility index (Phi) is 7.17. The molecule has 0 N–H and O–H groups in total. The van der Waals surface area contributed by atoms with Crippen LogP contribution in [0.5, 0.6) is 5.75 Å². The average molecular weight is 569 g/mol. The van der Waals surface area contributed by atoms with Crippen LogP contribution >= 0.6 is 0 Å². The first-order chi connectivity index (χ1) is 20.2. The smallest absolute Gasteiger partial charge is 0.360 e. The SMILES string of the molecule is COC(=O)c1ncoc1C1=Cc2cc(OC)ccc2-c2c(C3CCCCC3)c3ccc(C(=O)OC(C)(C)C)cc3n2C1. The standard InChI is InChI=1S/C34H36N2O6/c1-34(2,3)42-32(37)21-11-13-26-27(17-21)36-18-23(31-29(33(38)40-5)35-19-41-31)15-22-16-24(39-4)12-14-25(22)30(36)28(26)20-9-7-6-8-10-20/h11-17,19-20H,6-10,18H2,1-5H3. The molecule has 4 aromatic rings. The van der Waals surface area contributed by atoms with Gasteiger partial charge in [-0.25, -0.2) is 14.6 Å². The van der Waals surface area contributed by atoms with Gasteiger partial charge >= 0.3 is 11.9 Å². The molecule has 218 valence electrons. The minimum atomic E-state index is -0.611. The van der Waals surface area contributed by atoms with Crippen LogP contribution in [-0.4, -0.2) is 41.3 Å². The number of esters is 2. The van der Waals surface area contributed by atoms with E-state index in [-0.39, 0.29) is 11.7 Å². The number of nitrogens with zero attached hydrogens (tertiary/aromatic N) is 2. The molecule has 42 heavy (non-hydrogen) atoms. The van der Waals surface area contributed by atoms with Crippen LogP contribution in [0.4, 0.5) is 0 Å². The van der Waals surface area contributed by atoms with E-state index >= 15 is 0 Å². The third-order valence-corrected chi connectivity index (χ3v) is 8.16. The van der Waals surface area contributed by atoms with E-state index in [1.807, 2.05) is 51.1 Å². The zero-order chi connectivity index (χ0) is 29.6. The van der Waals surface area contributed by atoms with Gasteiger partial charge in [0.15, 0.2) is 17.8 Å². The minimum Gasteiger partial charge on any atom is -0.497 e. The van der Waals surface area contributed by atoms with Gasteiger partial charge in [0.25, 0.3) is 0 Å². The zero-order valence-corrected chi connectivity index (χ0v) is 24.8. The molecule has 2 aromatic carbocycles. The van der Waals surface area contributed by atoms with Gasteiger partial charge in [-0.3, -0.25) is 0 Å². The number of rotatable bonds is 5. The van der Waals surface area contributed by atoms with Gasteiger partial charge in [0, 0.05) is 22.0 Å². The largest absolute Gasteiger partial charge is 0.497 e. The summed E-state index contributed by atoms with van der Waals surface area (Å²) in [6, 6.07) is 12.0. The summed E-state index contributed by atoms with van der Waals surface area (Å²) in [5.41, 5.74) is 6.11. The van der Waals surface area contributed by atoms with E-state index in [1.165, 1.54) is 38.3 Å². The van der Waals surface area contributed by atoms with Gasteiger partial charge in [0.1, 0.15) is 11.4 Å². The Morgan fingerprint density at radius 2 is 1.79 bits per heavy atom. The van der Waals surface area contributed by atoms with Gasteiger partial charge in [-0.1, -0.05) is 25.3 Å². The molecule has 2 aliphatic rings. The topological polar surface area (TPSA) is 92.8 Å². The predicted octanol–water partition coefficient (Wildman–Crippen LogP) is 7.65. The number of aromatic nitrogens is 2. The van der Waals surface area contributed by atoms with Crippen LogP contribution in [0.2, 0.25) is 0 Å². The molecule has 0 unspecified atom stereocenters. The number of benzene rings is 2. The Bertz CT molecular complexity index is 1710. The highest BCUT2D eigenvalue weighted by Gasteiger charge is 2.32.